The highest BCUT2D eigenvalue weighted by Gasteiger charge is 2.25. The van der Waals surface area contributed by atoms with Gasteiger partial charge < -0.3 is 15.4 Å². The van der Waals surface area contributed by atoms with Gasteiger partial charge in [-0.2, -0.15) is 0 Å². The van der Waals surface area contributed by atoms with Crippen molar-refractivity contribution in [3.05, 3.63) is 54.1 Å². The van der Waals surface area contributed by atoms with Gasteiger partial charge in [0.15, 0.2) is 5.13 Å². The molecule has 2 aromatic carbocycles. The third-order valence-corrected chi connectivity index (χ3v) is 5.24. The molecule has 0 spiro atoms. The largest absolute Gasteiger partial charge is 0.494 e. The van der Waals surface area contributed by atoms with E-state index >= 15 is 0 Å². The summed E-state index contributed by atoms with van der Waals surface area (Å²) in [5.74, 6) is 0.120. The fourth-order valence-electron chi connectivity index (χ4n) is 2.87. The Kier molecular flexibility index (Phi) is 6.26. The first-order valence-corrected chi connectivity index (χ1v) is 9.87. The average Bonchev–Trinajstić information content (AvgIpc) is 3.08. The van der Waals surface area contributed by atoms with Crippen LogP contribution in [-0.2, 0) is 16.0 Å². The van der Waals surface area contributed by atoms with E-state index in [2.05, 4.69) is 15.6 Å². The lowest BCUT2D eigenvalue weighted by atomic mass is 10.0. The van der Waals surface area contributed by atoms with E-state index < -0.39 is 6.04 Å². The van der Waals surface area contributed by atoms with Gasteiger partial charge in [-0.1, -0.05) is 61.6 Å². The number of benzene rings is 2. The van der Waals surface area contributed by atoms with Crippen LogP contribution in [0.2, 0.25) is 0 Å². The number of rotatable bonds is 7. The molecule has 28 heavy (non-hydrogen) atoms. The number of hydrogen-bond donors (Lipinski definition) is 2. The molecule has 2 N–H and O–H groups in total. The number of para-hydroxylation sites is 1. The predicted octanol–water partition coefficient (Wildman–Crippen LogP) is 3.63. The average molecular weight is 398 g/mol. The minimum atomic E-state index is -0.648. The van der Waals surface area contributed by atoms with Gasteiger partial charge in [0.05, 0.1) is 18.2 Å². The third kappa shape index (κ3) is 4.67. The van der Waals surface area contributed by atoms with Gasteiger partial charge in [-0.3, -0.25) is 9.59 Å². The fraction of sp³-hybridized carbons (Fsp3) is 0.286. The van der Waals surface area contributed by atoms with Crippen molar-refractivity contribution in [1.82, 2.24) is 10.3 Å². The van der Waals surface area contributed by atoms with Crippen LogP contribution in [0, 0.1) is 5.92 Å². The zero-order valence-corrected chi connectivity index (χ0v) is 16.9. The summed E-state index contributed by atoms with van der Waals surface area (Å²) in [6, 6.07) is 14.4. The van der Waals surface area contributed by atoms with Gasteiger partial charge in [0.1, 0.15) is 17.3 Å². The van der Waals surface area contributed by atoms with Crippen LogP contribution in [0.3, 0.4) is 0 Å². The van der Waals surface area contributed by atoms with Crippen molar-refractivity contribution >= 4 is 38.5 Å². The molecule has 0 aliphatic carbocycles. The van der Waals surface area contributed by atoms with Gasteiger partial charge in [0, 0.05) is 0 Å². The molecule has 0 unspecified atom stereocenters. The molecule has 0 bridgehead atoms. The van der Waals surface area contributed by atoms with Crippen LogP contribution in [-0.4, -0.2) is 29.9 Å². The van der Waals surface area contributed by atoms with E-state index in [4.69, 9.17) is 4.74 Å². The lowest BCUT2D eigenvalue weighted by molar-refractivity contribution is -0.127. The number of aromatic nitrogens is 1. The van der Waals surface area contributed by atoms with Crippen LogP contribution in [0.4, 0.5) is 5.13 Å². The Morgan fingerprint density at radius 2 is 1.86 bits per heavy atom. The number of ether oxygens (including phenoxy) is 1. The van der Waals surface area contributed by atoms with Crippen molar-refractivity contribution in [2.24, 2.45) is 5.92 Å². The lowest BCUT2D eigenvalue weighted by Gasteiger charge is -2.21. The number of carbonyl (C=O) groups is 2. The Morgan fingerprint density at radius 3 is 2.54 bits per heavy atom. The summed E-state index contributed by atoms with van der Waals surface area (Å²) in [6.45, 7) is 3.79. The van der Waals surface area contributed by atoms with E-state index in [-0.39, 0.29) is 24.2 Å². The molecule has 146 valence electrons. The smallest absolute Gasteiger partial charge is 0.248 e. The summed E-state index contributed by atoms with van der Waals surface area (Å²) >= 11 is 1.37. The molecule has 0 saturated heterocycles. The summed E-state index contributed by atoms with van der Waals surface area (Å²) in [5, 5.41) is 6.15. The zero-order chi connectivity index (χ0) is 20.1. The highest BCUT2D eigenvalue weighted by atomic mass is 32.1. The topological polar surface area (TPSA) is 80.3 Å². The van der Waals surface area contributed by atoms with Gasteiger partial charge >= 0.3 is 0 Å². The number of anilines is 1. The molecule has 0 fully saturated rings. The number of thiazole rings is 1. The maximum absolute atomic E-state index is 12.8. The maximum Gasteiger partial charge on any atom is 0.248 e. The Morgan fingerprint density at radius 1 is 1.11 bits per heavy atom. The van der Waals surface area contributed by atoms with Crippen molar-refractivity contribution in [1.29, 1.82) is 0 Å². The van der Waals surface area contributed by atoms with E-state index in [9.17, 15) is 9.59 Å². The van der Waals surface area contributed by atoms with E-state index in [0.29, 0.717) is 16.4 Å². The Balaban J connectivity index is 1.70. The fourth-order valence-corrected chi connectivity index (χ4v) is 3.75. The van der Waals surface area contributed by atoms with Crippen LogP contribution in [0.1, 0.15) is 19.4 Å². The molecule has 0 radical (unpaired) electrons. The molecule has 7 heteroatoms. The van der Waals surface area contributed by atoms with Crippen LogP contribution < -0.4 is 15.4 Å². The van der Waals surface area contributed by atoms with Crippen LogP contribution in [0.5, 0.6) is 5.75 Å². The molecule has 0 aliphatic rings. The molecule has 1 aromatic heterocycles. The molecule has 2 amide bonds. The molecule has 3 aromatic rings. The number of methoxy groups -OCH3 is 1. The summed E-state index contributed by atoms with van der Waals surface area (Å²) in [4.78, 5) is 29.6. The maximum atomic E-state index is 12.8. The Labute approximate surface area is 167 Å². The summed E-state index contributed by atoms with van der Waals surface area (Å²) in [7, 11) is 1.59. The van der Waals surface area contributed by atoms with Gasteiger partial charge in [-0.05, 0) is 23.6 Å². The highest BCUT2D eigenvalue weighted by molar-refractivity contribution is 7.22. The predicted molar refractivity (Wildman–Crippen MR) is 112 cm³/mol. The number of hydrogen-bond acceptors (Lipinski definition) is 5. The number of nitrogens with one attached hydrogen (secondary N) is 2. The molecule has 0 saturated carbocycles. The minimum absolute atomic E-state index is 0.0661. The van der Waals surface area contributed by atoms with Gasteiger partial charge in [0.25, 0.3) is 0 Å². The van der Waals surface area contributed by atoms with Crippen molar-refractivity contribution in [2.75, 3.05) is 12.4 Å². The van der Waals surface area contributed by atoms with Crippen molar-refractivity contribution in [3.8, 4) is 5.75 Å². The quantitative estimate of drug-likeness (QED) is 0.638. The Bertz CT molecular complexity index is 969. The summed E-state index contributed by atoms with van der Waals surface area (Å²) in [6.07, 6.45) is 0.232. The first-order valence-electron chi connectivity index (χ1n) is 9.05. The molecule has 3 rings (SSSR count). The molecular formula is C21H23N3O3S. The highest BCUT2D eigenvalue weighted by Crippen LogP contribution is 2.32. The second kappa shape index (κ2) is 8.84. The van der Waals surface area contributed by atoms with Crippen LogP contribution in [0.25, 0.3) is 10.2 Å². The SMILES string of the molecule is COc1cccc2sc(NC(=O)[C@@H](NC(=O)Cc3ccccc3)C(C)C)nc12. The zero-order valence-electron chi connectivity index (χ0n) is 16.1. The monoisotopic (exact) mass is 397 g/mol. The van der Waals surface area contributed by atoms with E-state index in [1.54, 1.807) is 7.11 Å². The van der Waals surface area contributed by atoms with Crippen LogP contribution >= 0.6 is 11.3 Å². The lowest BCUT2D eigenvalue weighted by Crippen LogP contribution is -2.47. The number of nitrogens with zero attached hydrogens (tertiary/aromatic N) is 1. The molecule has 0 aliphatic heterocycles. The standard InChI is InChI=1S/C21H23N3O3S/c1-13(2)18(22-17(25)12-14-8-5-4-6-9-14)20(26)24-21-23-19-15(27-3)10-7-11-16(19)28-21/h4-11,13,18H,12H2,1-3H3,(H,22,25)(H,23,24,26)/t18-/m0/s1. The van der Waals surface area contributed by atoms with Gasteiger partial charge in [0.2, 0.25) is 11.8 Å². The van der Waals surface area contributed by atoms with Crippen LogP contribution in [0.15, 0.2) is 48.5 Å². The Hall–Kier alpha value is -2.93. The second-order valence-electron chi connectivity index (χ2n) is 6.77. The van der Waals surface area contributed by atoms with Crippen molar-refractivity contribution in [2.45, 2.75) is 26.3 Å². The first-order chi connectivity index (χ1) is 13.5. The van der Waals surface area contributed by atoms with Gasteiger partial charge in [-0.25, -0.2) is 4.98 Å². The summed E-state index contributed by atoms with van der Waals surface area (Å²) < 4.78 is 6.24. The number of carbonyl (C=O) groups excluding carboxylic acids is 2. The van der Waals surface area contributed by atoms with Crippen molar-refractivity contribution in [3.63, 3.8) is 0 Å². The first kappa shape index (κ1) is 19.8. The molecule has 1 heterocycles. The second-order valence-corrected chi connectivity index (χ2v) is 7.80. The summed E-state index contributed by atoms with van der Waals surface area (Å²) in [5.41, 5.74) is 1.61. The number of fused-ring (bicyclic) bond motifs is 1. The molecule has 1 atom stereocenters. The van der Waals surface area contributed by atoms with E-state index in [1.165, 1.54) is 11.3 Å². The minimum Gasteiger partial charge on any atom is -0.494 e. The molecular weight excluding hydrogens is 374 g/mol. The van der Waals surface area contributed by atoms with Gasteiger partial charge in [-0.15, -0.1) is 0 Å². The number of amides is 2. The molecule has 6 nitrogen and oxygen atoms in total. The third-order valence-electron chi connectivity index (χ3n) is 4.31. The van der Waals surface area contributed by atoms with Crippen molar-refractivity contribution < 1.29 is 14.3 Å². The van der Waals surface area contributed by atoms with E-state index in [0.717, 1.165) is 10.3 Å². The normalized spacial score (nSPS) is 12.0. The van der Waals surface area contributed by atoms with E-state index in [1.807, 2.05) is 62.4 Å².